The monoisotopic (exact) mass is 287 g/mol. The molecule has 106 valence electrons. The highest BCUT2D eigenvalue weighted by Gasteiger charge is 2.21. The number of anilines is 1. The van der Waals surface area contributed by atoms with E-state index in [1.165, 1.54) is 14.0 Å². The minimum absolute atomic E-state index is 0.0847. The van der Waals surface area contributed by atoms with E-state index in [1.54, 1.807) is 24.3 Å². The first-order chi connectivity index (χ1) is 8.90. The Morgan fingerprint density at radius 2 is 1.89 bits per heavy atom. The lowest BCUT2D eigenvalue weighted by atomic mass is 10.3. The number of hydrogen-bond acceptors (Lipinski definition) is 4. The number of carbonyl (C=O) groups is 1. The van der Waals surface area contributed by atoms with Gasteiger partial charge in [-0.25, -0.2) is 8.42 Å². The van der Waals surface area contributed by atoms with Crippen LogP contribution in [0, 0.1) is 0 Å². The van der Waals surface area contributed by atoms with Crippen LogP contribution in [0.2, 0.25) is 0 Å². The third kappa shape index (κ3) is 4.13. The van der Waals surface area contributed by atoms with Crippen LogP contribution in [-0.4, -0.2) is 38.9 Å². The summed E-state index contributed by atoms with van der Waals surface area (Å²) < 4.78 is 30.0. The first-order valence-electron chi connectivity index (χ1n) is 5.77. The molecule has 0 unspecified atom stereocenters. The second-order valence-electron chi connectivity index (χ2n) is 3.81. The lowest BCUT2D eigenvalue weighted by molar-refractivity contribution is -0.136. The molecular formula is C12H17NO5S. The predicted molar refractivity (Wildman–Crippen MR) is 72.1 cm³/mol. The SMILES string of the molecule is CCS(=O)(=O)N(CCC(=O)O)c1ccc(OC)cc1. The van der Waals surface area contributed by atoms with Crippen LogP contribution in [0.25, 0.3) is 0 Å². The van der Waals surface area contributed by atoms with Gasteiger partial charge in [0.1, 0.15) is 5.75 Å². The zero-order valence-electron chi connectivity index (χ0n) is 10.9. The number of carboxylic acids is 1. The van der Waals surface area contributed by atoms with E-state index in [0.29, 0.717) is 11.4 Å². The van der Waals surface area contributed by atoms with Gasteiger partial charge in [-0.3, -0.25) is 9.10 Å². The molecule has 1 rings (SSSR count). The van der Waals surface area contributed by atoms with E-state index in [9.17, 15) is 13.2 Å². The van der Waals surface area contributed by atoms with Crippen molar-refractivity contribution in [3.63, 3.8) is 0 Å². The number of ether oxygens (including phenoxy) is 1. The van der Waals surface area contributed by atoms with Crippen LogP contribution in [0.3, 0.4) is 0 Å². The van der Waals surface area contributed by atoms with Gasteiger partial charge in [0, 0.05) is 6.54 Å². The molecule has 19 heavy (non-hydrogen) atoms. The van der Waals surface area contributed by atoms with Gasteiger partial charge in [-0.05, 0) is 31.2 Å². The van der Waals surface area contributed by atoms with Gasteiger partial charge >= 0.3 is 5.97 Å². The van der Waals surface area contributed by atoms with Crippen molar-refractivity contribution >= 4 is 21.7 Å². The maximum absolute atomic E-state index is 12.0. The summed E-state index contributed by atoms with van der Waals surface area (Å²) in [4.78, 5) is 10.6. The lowest BCUT2D eigenvalue weighted by Crippen LogP contribution is -2.34. The second kappa shape index (κ2) is 6.42. The number of benzene rings is 1. The van der Waals surface area contributed by atoms with Crippen molar-refractivity contribution in [1.82, 2.24) is 0 Å². The average molecular weight is 287 g/mol. The molecule has 0 aliphatic heterocycles. The smallest absolute Gasteiger partial charge is 0.305 e. The summed E-state index contributed by atoms with van der Waals surface area (Å²) >= 11 is 0. The molecule has 7 heteroatoms. The number of carboxylic acid groups (broad SMARTS) is 1. The molecule has 1 N–H and O–H groups in total. The normalized spacial score (nSPS) is 11.1. The first kappa shape index (κ1) is 15.3. The summed E-state index contributed by atoms with van der Waals surface area (Å²) in [7, 11) is -1.99. The fourth-order valence-corrected chi connectivity index (χ4v) is 2.65. The van der Waals surface area contributed by atoms with Gasteiger partial charge in [0.25, 0.3) is 0 Å². The summed E-state index contributed by atoms with van der Waals surface area (Å²) in [5.74, 6) is -0.515. The molecule has 0 radical (unpaired) electrons. The summed E-state index contributed by atoms with van der Waals surface area (Å²) in [6, 6.07) is 6.45. The van der Waals surface area contributed by atoms with Crippen LogP contribution in [0.1, 0.15) is 13.3 Å². The third-order valence-corrected chi connectivity index (χ3v) is 4.38. The van der Waals surface area contributed by atoms with Gasteiger partial charge in [-0.2, -0.15) is 0 Å². The summed E-state index contributed by atoms with van der Waals surface area (Å²) in [5, 5.41) is 8.69. The minimum Gasteiger partial charge on any atom is -0.497 e. The van der Waals surface area contributed by atoms with Crippen molar-refractivity contribution in [2.75, 3.05) is 23.7 Å². The van der Waals surface area contributed by atoms with E-state index in [1.807, 2.05) is 0 Å². The number of hydrogen-bond donors (Lipinski definition) is 1. The molecule has 0 aliphatic rings. The molecule has 0 heterocycles. The maximum atomic E-state index is 12.0. The van der Waals surface area contributed by atoms with E-state index in [-0.39, 0.29) is 18.7 Å². The fraction of sp³-hybridized carbons (Fsp3) is 0.417. The Morgan fingerprint density at radius 3 is 2.32 bits per heavy atom. The van der Waals surface area contributed by atoms with Crippen molar-refractivity contribution in [1.29, 1.82) is 0 Å². The van der Waals surface area contributed by atoms with E-state index >= 15 is 0 Å². The molecule has 0 amide bonds. The van der Waals surface area contributed by atoms with Crippen LogP contribution in [0.4, 0.5) is 5.69 Å². The molecule has 0 aromatic heterocycles. The molecule has 0 saturated heterocycles. The van der Waals surface area contributed by atoms with Gasteiger partial charge in [0.05, 0.1) is 25.0 Å². The fourth-order valence-electron chi connectivity index (χ4n) is 1.53. The van der Waals surface area contributed by atoms with Crippen molar-refractivity contribution in [3.8, 4) is 5.75 Å². The minimum atomic E-state index is -3.50. The highest BCUT2D eigenvalue weighted by molar-refractivity contribution is 7.92. The molecule has 0 fully saturated rings. The average Bonchev–Trinajstić information content (AvgIpc) is 2.39. The van der Waals surface area contributed by atoms with Gasteiger partial charge in [0.2, 0.25) is 10.0 Å². The highest BCUT2D eigenvalue weighted by atomic mass is 32.2. The van der Waals surface area contributed by atoms with Gasteiger partial charge < -0.3 is 9.84 Å². The quantitative estimate of drug-likeness (QED) is 0.817. The van der Waals surface area contributed by atoms with Gasteiger partial charge in [-0.1, -0.05) is 0 Å². The summed E-state index contributed by atoms with van der Waals surface area (Å²) in [6.45, 7) is 1.43. The van der Waals surface area contributed by atoms with Crippen molar-refractivity contribution < 1.29 is 23.1 Å². The Morgan fingerprint density at radius 1 is 1.32 bits per heavy atom. The molecule has 0 saturated carbocycles. The third-order valence-electron chi connectivity index (χ3n) is 2.59. The van der Waals surface area contributed by atoms with Crippen molar-refractivity contribution in [2.45, 2.75) is 13.3 Å². The Hall–Kier alpha value is -1.76. The zero-order valence-corrected chi connectivity index (χ0v) is 11.7. The summed E-state index contributed by atoms with van der Waals surface area (Å²) in [6.07, 6.45) is -0.245. The van der Waals surface area contributed by atoms with Crippen LogP contribution in [0.15, 0.2) is 24.3 Å². The van der Waals surface area contributed by atoms with Gasteiger partial charge in [0.15, 0.2) is 0 Å². The molecule has 0 atom stereocenters. The molecule has 1 aromatic carbocycles. The van der Waals surface area contributed by atoms with Crippen LogP contribution in [-0.2, 0) is 14.8 Å². The zero-order chi connectivity index (χ0) is 14.5. The Balaban J connectivity index is 3.04. The maximum Gasteiger partial charge on any atom is 0.305 e. The van der Waals surface area contributed by atoms with E-state index in [2.05, 4.69) is 0 Å². The van der Waals surface area contributed by atoms with Gasteiger partial charge in [-0.15, -0.1) is 0 Å². The Bertz CT molecular complexity index is 524. The van der Waals surface area contributed by atoms with E-state index in [0.717, 1.165) is 4.31 Å². The van der Waals surface area contributed by atoms with E-state index < -0.39 is 16.0 Å². The van der Waals surface area contributed by atoms with Crippen LogP contribution >= 0.6 is 0 Å². The molecule has 6 nitrogen and oxygen atoms in total. The Labute approximate surface area is 112 Å². The number of methoxy groups -OCH3 is 1. The molecular weight excluding hydrogens is 270 g/mol. The molecule has 1 aromatic rings. The highest BCUT2D eigenvalue weighted by Crippen LogP contribution is 2.22. The number of nitrogens with zero attached hydrogens (tertiary/aromatic N) is 1. The number of rotatable bonds is 7. The van der Waals surface area contributed by atoms with Crippen molar-refractivity contribution in [3.05, 3.63) is 24.3 Å². The Kier molecular flexibility index (Phi) is 5.17. The summed E-state index contributed by atoms with van der Waals surface area (Å²) in [5.41, 5.74) is 0.434. The largest absolute Gasteiger partial charge is 0.497 e. The standard InChI is InChI=1S/C12H17NO5S/c1-3-19(16,17)13(9-8-12(14)15)10-4-6-11(18-2)7-5-10/h4-7H,3,8-9H2,1-2H3,(H,14,15). The lowest BCUT2D eigenvalue weighted by Gasteiger charge is -2.23. The number of sulfonamides is 1. The molecule has 0 spiro atoms. The molecule has 0 bridgehead atoms. The molecule has 0 aliphatic carbocycles. The first-order valence-corrected chi connectivity index (χ1v) is 7.38. The number of aliphatic carboxylic acids is 1. The second-order valence-corrected chi connectivity index (χ2v) is 6.00. The topological polar surface area (TPSA) is 83.9 Å². The van der Waals surface area contributed by atoms with Crippen molar-refractivity contribution in [2.24, 2.45) is 0 Å². The van der Waals surface area contributed by atoms with E-state index in [4.69, 9.17) is 9.84 Å². The van der Waals surface area contributed by atoms with Crippen LogP contribution < -0.4 is 9.04 Å². The van der Waals surface area contributed by atoms with Crippen LogP contribution in [0.5, 0.6) is 5.75 Å². The predicted octanol–water partition coefficient (Wildman–Crippen LogP) is 1.33.